The summed E-state index contributed by atoms with van der Waals surface area (Å²) < 4.78 is 12.2. The van der Waals surface area contributed by atoms with Crippen molar-refractivity contribution in [1.82, 2.24) is 4.57 Å². The molecular formula is C21H20ClNO4. The lowest BCUT2D eigenvalue weighted by Crippen LogP contribution is -2.16. The number of aromatic nitrogens is 1. The number of ether oxygens (including phenoxy) is 2. The Morgan fingerprint density at radius 3 is 2.33 bits per heavy atom. The molecule has 0 atom stereocenters. The van der Waals surface area contributed by atoms with E-state index in [4.69, 9.17) is 21.1 Å². The summed E-state index contributed by atoms with van der Waals surface area (Å²) in [5, 5.41) is 1.93. The van der Waals surface area contributed by atoms with E-state index < -0.39 is 5.97 Å². The van der Waals surface area contributed by atoms with Crippen molar-refractivity contribution in [3.8, 4) is 5.69 Å². The fourth-order valence-electron chi connectivity index (χ4n) is 3.12. The van der Waals surface area contributed by atoms with Crippen molar-refractivity contribution in [1.29, 1.82) is 0 Å². The van der Waals surface area contributed by atoms with E-state index in [0.29, 0.717) is 21.8 Å². The molecule has 2 aromatic carbocycles. The van der Waals surface area contributed by atoms with Gasteiger partial charge in [-0.3, -0.25) is 4.79 Å². The summed E-state index contributed by atoms with van der Waals surface area (Å²) in [4.78, 5) is 25.0. The highest BCUT2D eigenvalue weighted by molar-refractivity contribution is 6.31. The third-order valence-corrected chi connectivity index (χ3v) is 4.38. The largest absolute Gasteiger partial charge is 0.466 e. The van der Waals surface area contributed by atoms with E-state index in [-0.39, 0.29) is 25.6 Å². The van der Waals surface area contributed by atoms with Gasteiger partial charge in [-0.2, -0.15) is 0 Å². The summed E-state index contributed by atoms with van der Waals surface area (Å²) in [6.45, 7) is 4.05. The molecule has 27 heavy (non-hydrogen) atoms. The minimum absolute atomic E-state index is 0.0129. The number of fused-ring (bicyclic) bond motifs is 1. The topological polar surface area (TPSA) is 57.5 Å². The first-order chi connectivity index (χ1) is 13.1. The molecule has 0 saturated heterocycles. The maximum Gasteiger partial charge on any atom is 0.355 e. The number of esters is 2. The van der Waals surface area contributed by atoms with Crippen molar-refractivity contribution in [3.05, 3.63) is 64.9 Å². The molecule has 0 N–H and O–H groups in total. The molecule has 0 fully saturated rings. The van der Waals surface area contributed by atoms with Gasteiger partial charge in [0.15, 0.2) is 0 Å². The predicted octanol–water partition coefficient (Wildman–Crippen LogP) is 4.57. The third kappa shape index (κ3) is 3.83. The van der Waals surface area contributed by atoms with E-state index in [9.17, 15) is 9.59 Å². The minimum atomic E-state index is -0.455. The number of para-hydroxylation sites is 1. The fraction of sp³-hybridized carbons (Fsp3) is 0.238. The van der Waals surface area contributed by atoms with Crippen molar-refractivity contribution in [2.45, 2.75) is 20.3 Å². The summed E-state index contributed by atoms with van der Waals surface area (Å²) >= 11 is 6.20. The van der Waals surface area contributed by atoms with Gasteiger partial charge in [0, 0.05) is 27.2 Å². The van der Waals surface area contributed by atoms with Gasteiger partial charge in [0.1, 0.15) is 5.69 Å². The number of nitrogens with zero attached hydrogens (tertiary/aromatic N) is 1. The Balaban J connectivity index is 2.33. The summed E-state index contributed by atoms with van der Waals surface area (Å²) in [6.07, 6.45) is 0.0129. The molecule has 0 radical (unpaired) electrons. The molecule has 0 saturated carbocycles. The molecule has 0 aliphatic carbocycles. The zero-order valence-electron chi connectivity index (χ0n) is 15.2. The number of halogens is 1. The van der Waals surface area contributed by atoms with E-state index in [1.807, 2.05) is 30.3 Å². The summed E-state index contributed by atoms with van der Waals surface area (Å²) in [5.74, 6) is -0.826. The van der Waals surface area contributed by atoms with Crippen LogP contribution < -0.4 is 0 Å². The lowest BCUT2D eigenvalue weighted by Gasteiger charge is -2.13. The SMILES string of the molecule is CCOC(=O)Cc1c2cc(Cl)ccc2c(C(=O)OCC)n1-c1ccccc1. The quantitative estimate of drug-likeness (QED) is 0.583. The van der Waals surface area contributed by atoms with Crippen LogP contribution in [0.4, 0.5) is 0 Å². The standard InChI is InChI=1S/C21H20ClNO4/c1-3-26-19(24)13-18-17-12-14(22)10-11-16(17)20(21(25)27-4-2)23(18)15-8-6-5-7-9-15/h5-12H,3-4,13H2,1-2H3. The van der Waals surface area contributed by atoms with Crippen LogP contribution in [-0.2, 0) is 20.7 Å². The highest BCUT2D eigenvalue weighted by Crippen LogP contribution is 2.33. The Morgan fingerprint density at radius 1 is 0.963 bits per heavy atom. The van der Waals surface area contributed by atoms with Crippen molar-refractivity contribution >= 4 is 34.3 Å². The van der Waals surface area contributed by atoms with Crippen LogP contribution in [-0.4, -0.2) is 29.7 Å². The highest BCUT2D eigenvalue weighted by atomic mass is 35.5. The maximum absolute atomic E-state index is 12.8. The number of carbonyl (C=O) groups excluding carboxylic acids is 2. The van der Waals surface area contributed by atoms with Crippen molar-refractivity contribution in [2.75, 3.05) is 13.2 Å². The van der Waals surface area contributed by atoms with E-state index in [2.05, 4.69) is 0 Å². The predicted molar refractivity (Wildman–Crippen MR) is 105 cm³/mol. The van der Waals surface area contributed by atoms with Crippen LogP contribution in [0.1, 0.15) is 30.0 Å². The normalized spacial score (nSPS) is 10.8. The van der Waals surface area contributed by atoms with Gasteiger partial charge in [-0.1, -0.05) is 35.9 Å². The van der Waals surface area contributed by atoms with Gasteiger partial charge < -0.3 is 14.0 Å². The lowest BCUT2D eigenvalue weighted by molar-refractivity contribution is -0.142. The van der Waals surface area contributed by atoms with Crippen molar-refractivity contribution in [3.63, 3.8) is 0 Å². The summed E-state index contributed by atoms with van der Waals surface area (Å²) in [6, 6.07) is 14.6. The van der Waals surface area contributed by atoms with E-state index >= 15 is 0 Å². The smallest absolute Gasteiger partial charge is 0.355 e. The van der Waals surface area contributed by atoms with Crippen LogP contribution in [0, 0.1) is 0 Å². The molecule has 3 aromatic rings. The lowest BCUT2D eigenvalue weighted by atomic mass is 10.1. The highest BCUT2D eigenvalue weighted by Gasteiger charge is 2.25. The van der Waals surface area contributed by atoms with Crippen molar-refractivity contribution in [2.24, 2.45) is 0 Å². The van der Waals surface area contributed by atoms with Gasteiger partial charge in [0.25, 0.3) is 0 Å². The molecule has 0 aliphatic rings. The Hall–Kier alpha value is -2.79. The Bertz CT molecular complexity index is 979. The first kappa shape index (κ1) is 19.0. The number of rotatable bonds is 6. The average Bonchev–Trinajstić information content (AvgIpc) is 2.96. The molecular weight excluding hydrogens is 366 g/mol. The third-order valence-electron chi connectivity index (χ3n) is 4.14. The van der Waals surface area contributed by atoms with Gasteiger partial charge >= 0.3 is 11.9 Å². The zero-order chi connectivity index (χ0) is 19.4. The van der Waals surface area contributed by atoms with Gasteiger partial charge in [0.05, 0.1) is 19.6 Å². The van der Waals surface area contributed by atoms with E-state index in [1.165, 1.54) is 0 Å². The number of hydrogen-bond donors (Lipinski definition) is 0. The molecule has 3 rings (SSSR count). The molecule has 0 aliphatic heterocycles. The van der Waals surface area contributed by atoms with Gasteiger partial charge in [-0.25, -0.2) is 4.79 Å². The first-order valence-electron chi connectivity index (χ1n) is 8.77. The first-order valence-corrected chi connectivity index (χ1v) is 9.15. The van der Waals surface area contributed by atoms with Crippen LogP contribution in [0.2, 0.25) is 5.02 Å². The number of benzene rings is 2. The van der Waals surface area contributed by atoms with Crippen LogP contribution in [0.15, 0.2) is 48.5 Å². The minimum Gasteiger partial charge on any atom is -0.466 e. The molecule has 0 spiro atoms. The number of carbonyl (C=O) groups is 2. The zero-order valence-corrected chi connectivity index (χ0v) is 16.0. The Kier molecular flexibility index (Phi) is 5.81. The average molecular weight is 386 g/mol. The second kappa shape index (κ2) is 8.27. The molecule has 5 nitrogen and oxygen atoms in total. The summed E-state index contributed by atoms with van der Waals surface area (Å²) in [5.41, 5.74) is 1.77. The van der Waals surface area contributed by atoms with Gasteiger partial charge in [-0.15, -0.1) is 0 Å². The molecule has 0 bridgehead atoms. The Labute approximate surface area is 162 Å². The monoisotopic (exact) mass is 385 g/mol. The van der Waals surface area contributed by atoms with Gasteiger partial charge in [-0.05, 0) is 38.1 Å². The Morgan fingerprint density at radius 2 is 1.67 bits per heavy atom. The van der Waals surface area contributed by atoms with Crippen LogP contribution in [0.5, 0.6) is 0 Å². The molecule has 1 aromatic heterocycles. The van der Waals surface area contributed by atoms with Crippen LogP contribution in [0.25, 0.3) is 16.5 Å². The van der Waals surface area contributed by atoms with Crippen LogP contribution in [0.3, 0.4) is 0 Å². The molecule has 6 heteroatoms. The molecule has 0 amide bonds. The second-order valence-corrected chi connectivity index (χ2v) is 6.29. The molecule has 0 unspecified atom stereocenters. The maximum atomic E-state index is 12.8. The van der Waals surface area contributed by atoms with Gasteiger partial charge in [0.2, 0.25) is 0 Å². The van der Waals surface area contributed by atoms with E-state index in [1.54, 1.807) is 36.6 Å². The molecule has 140 valence electrons. The van der Waals surface area contributed by atoms with Crippen molar-refractivity contribution < 1.29 is 19.1 Å². The van der Waals surface area contributed by atoms with E-state index in [0.717, 1.165) is 11.1 Å². The molecule has 1 heterocycles. The second-order valence-electron chi connectivity index (χ2n) is 5.86. The number of hydrogen-bond acceptors (Lipinski definition) is 4. The van der Waals surface area contributed by atoms with Crippen LogP contribution >= 0.6 is 11.6 Å². The fourth-order valence-corrected chi connectivity index (χ4v) is 3.30. The summed E-state index contributed by atoms with van der Waals surface area (Å²) in [7, 11) is 0.